The van der Waals surface area contributed by atoms with E-state index in [9.17, 15) is 0 Å². The first kappa shape index (κ1) is 18.4. The monoisotopic (exact) mass is 309 g/mol. The van der Waals surface area contributed by atoms with Crippen LogP contribution in [0, 0.1) is 0 Å². The Morgan fingerprint density at radius 1 is 1.32 bits per heavy atom. The van der Waals surface area contributed by atoms with Crippen LogP contribution in [-0.4, -0.2) is 64.9 Å². The normalized spacial score (nSPS) is 12.8. The molecule has 2 N–H and O–H groups in total. The number of aromatic nitrogens is 3. The summed E-state index contributed by atoms with van der Waals surface area (Å²) in [5, 5.41) is 14.7. The number of rotatable bonds is 8. The molecule has 0 bridgehead atoms. The fraction of sp³-hybridized carbons (Fsp3) is 0.800. The molecule has 7 heteroatoms. The van der Waals surface area contributed by atoms with E-state index in [-0.39, 0.29) is 5.54 Å². The number of likely N-dealkylation sites (N-methyl/N-ethyl adjacent to an activating group) is 1. The molecule has 126 valence electrons. The van der Waals surface area contributed by atoms with Crippen molar-refractivity contribution in [3.8, 4) is 0 Å². The molecular formula is C15H31N7. The first-order valence-electron chi connectivity index (χ1n) is 7.97. The van der Waals surface area contributed by atoms with Crippen LogP contribution in [-0.2, 0) is 13.0 Å². The number of hydrogen-bond acceptors (Lipinski definition) is 4. The van der Waals surface area contributed by atoms with Crippen molar-refractivity contribution >= 4 is 5.96 Å². The zero-order valence-corrected chi connectivity index (χ0v) is 14.8. The van der Waals surface area contributed by atoms with E-state index in [1.807, 2.05) is 0 Å². The van der Waals surface area contributed by atoms with Crippen LogP contribution in [0.15, 0.2) is 11.3 Å². The van der Waals surface area contributed by atoms with Gasteiger partial charge in [0.05, 0.1) is 6.54 Å². The first-order chi connectivity index (χ1) is 10.4. The Bertz CT molecular complexity index is 462. The molecule has 1 heterocycles. The topological polar surface area (TPSA) is 70.4 Å². The van der Waals surface area contributed by atoms with Gasteiger partial charge >= 0.3 is 0 Å². The second kappa shape index (κ2) is 8.73. The summed E-state index contributed by atoms with van der Waals surface area (Å²) in [5.41, 5.74) is 0.0337. The Hall–Kier alpha value is -1.63. The number of aryl methyl sites for hydroxylation is 1. The van der Waals surface area contributed by atoms with E-state index in [1.165, 1.54) is 0 Å². The lowest BCUT2D eigenvalue weighted by molar-refractivity contribution is 0.204. The number of nitrogens with zero attached hydrogens (tertiary/aromatic N) is 5. The summed E-state index contributed by atoms with van der Waals surface area (Å²) in [6, 6.07) is 0. The Labute approximate surface area is 134 Å². The summed E-state index contributed by atoms with van der Waals surface area (Å²) in [5.74, 6) is 1.86. The average molecular weight is 309 g/mol. The number of aliphatic imine (C=N–C) groups is 1. The van der Waals surface area contributed by atoms with E-state index in [1.54, 1.807) is 6.33 Å². The quantitative estimate of drug-likeness (QED) is 0.547. The summed E-state index contributed by atoms with van der Waals surface area (Å²) < 4.78 is 2.07. The molecule has 0 unspecified atom stereocenters. The van der Waals surface area contributed by atoms with Crippen LogP contribution in [0.1, 0.15) is 33.5 Å². The predicted octanol–water partition coefficient (Wildman–Crippen LogP) is 0.736. The maximum atomic E-state index is 4.68. The van der Waals surface area contributed by atoms with Crippen LogP contribution in [0.25, 0.3) is 0 Å². The van der Waals surface area contributed by atoms with Crippen LogP contribution < -0.4 is 10.6 Å². The average Bonchev–Trinajstić information content (AvgIpc) is 2.92. The maximum absolute atomic E-state index is 4.68. The minimum Gasteiger partial charge on any atom is -0.357 e. The molecular weight excluding hydrogens is 278 g/mol. The van der Waals surface area contributed by atoms with Crippen molar-refractivity contribution in [2.75, 3.05) is 33.7 Å². The van der Waals surface area contributed by atoms with E-state index >= 15 is 0 Å². The van der Waals surface area contributed by atoms with Gasteiger partial charge in [-0.25, -0.2) is 0 Å². The summed E-state index contributed by atoms with van der Waals surface area (Å²) in [4.78, 5) is 6.87. The molecule has 0 spiro atoms. The van der Waals surface area contributed by atoms with Crippen molar-refractivity contribution < 1.29 is 0 Å². The molecule has 7 nitrogen and oxygen atoms in total. The van der Waals surface area contributed by atoms with Gasteiger partial charge in [-0.1, -0.05) is 6.92 Å². The van der Waals surface area contributed by atoms with Crippen molar-refractivity contribution in [2.45, 2.75) is 46.2 Å². The molecule has 0 atom stereocenters. The summed E-state index contributed by atoms with van der Waals surface area (Å²) in [6.45, 7) is 11.7. The molecule has 22 heavy (non-hydrogen) atoms. The van der Waals surface area contributed by atoms with Crippen molar-refractivity contribution in [3.63, 3.8) is 0 Å². The molecule has 0 aliphatic heterocycles. The molecule has 0 fully saturated rings. The second-order valence-electron chi connectivity index (χ2n) is 6.12. The van der Waals surface area contributed by atoms with Crippen LogP contribution in [0.4, 0.5) is 0 Å². The third-order valence-corrected chi connectivity index (χ3v) is 3.84. The van der Waals surface area contributed by atoms with Gasteiger partial charge in [0.2, 0.25) is 0 Å². The first-order valence-corrected chi connectivity index (χ1v) is 7.97. The lowest BCUT2D eigenvalue weighted by atomic mass is 10.1. The van der Waals surface area contributed by atoms with Crippen LogP contribution in [0.3, 0.4) is 0 Å². The van der Waals surface area contributed by atoms with Crippen molar-refractivity contribution in [1.29, 1.82) is 0 Å². The zero-order valence-electron chi connectivity index (χ0n) is 14.8. The van der Waals surface area contributed by atoms with Crippen LogP contribution in [0.5, 0.6) is 0 Å². The van der Waals surface area contributed by atoms with Gasteiger partial charge in [0, 0.05) is 31.6 Å². The highest BCUT2D eigenvalue weighted by Crippen LogP contribution is 2.09. The Morgan fingerprint density at radius 3 is 2.64 bits per heavy atom. The molecule has 0 radical (unpaired) electrons. The van der Waals surface area contributed by atoms with Gasteiger partial charge in [-0.15, -0.1) is 10.2 Å². The Balaban J connectivity index is 2.53. The van der Waals surface area contributed by atoms with Crippen LogP contribution >= 0.6 is 0 Å². The van der Waals surface area contributed by atoms with Gasteiger partial charge in [-0.2, -0.15) is 0 Å². The van der Waals surface area contributed by atoms with E-state index < -0.39 is 0 Å². The minimum absolute atomic E-state index is 0.0337. The zero-order chi connectivity index (χ0) is 16.6. The van der Waals surface area contributed by atoms with Gasteiger partial charge in [0.1, 0.15) is 12.2 Å². The van der Waals surface area contributed by atoms with E-state index in [0.717, 1.165) is 44.4 Å². The molecule has 1 aromatic heterocycles. The fourth-order valence-electron chi connectivity index (χ4n) is 1.79. The molecule has 1 rings (SSSR count). The van der Waals surface area contributed by atoms with Gasteiger partial charge < -0.3 is 20.1 Å². The second-order valence-corrected chi connectivity index (χ2v) is 6.12. The third kappa shape index (κ3) is 5.63. The standard InChI is InChI=1S/C15H31N7/c1-7-13-20-19-12-22(13)10-9-17-14(16-8-2)18-11-15(3,4)21(5)6/h12H,7-11H2,1-6H3,(H2,16,17,18). The molecule has 0 saturated carbocycles. The molecule has 0 saturated heterocycles. The van der Waals surface area contributed by atoms with Crippen molar-refractivity contribution in [1.82, 2.24) is 30.3 Å². The van der Waals surface area contributed by atoms with Gasteiger partial charge in [0.25, 0.3) is 0 Å². The van der Waals surface area contributed by atoms with Crippen LogP contribution in [0.2, 0.25) is 0 Å². The predicted molar refractivity (Wildman–Crippen MR) is 91.1 cm³/mol. The molecule has 1 aromatic rings. The van der Waals surface area contributed by atoms with Crippen molar-refractivity contribution in [2.24, 2.45) is 4.99 Å². The minimum atomic E-state index is 0.0337. The number of hydrogen-bond donors (Lipinski definition) is 2. The molecule has 0 aliphatic carbocycles. The Morgan fingerprint density at radius 2 is 2.05 bits per heavy atom. The largest absolute Gasteiger partial charge is 0.357 e. The molecule has 0 aromatic carbocycles. The highest BCUT2D eigenvalue weighted by atomic mass is 15.3. The third-order valence-electron chi connectivity index (χ3n) is 3.84. The maximum Gasteiger partial charge on any atom is 0.191 e. The van der Waals surface area contributed by atoms with E-state index in [0.29, 0.717) is 0 Å². The summed E-state index contributed by atoms with van der Waals surface area (Å²) >= 11 is 0. The fourth-order valence-corrected chi connectivity index (χ4v) is 1.79. The SMILES string of the molecule is CCNC(=NCC(C)(C)N(C)C)NCCn1cnnc1CC. The number of nitrogens with one attached hydrogen (secondary N) is 2. The van der Waals surface area contributed by atoms with Crippen molar-refractivity contribution in [3.05, 3.63) is 12.2 Å². The lowest BCUT2D eigenvalue weighted by Gasteiger charge is -2.31. The molecule has 0 aliphatic rings. The molecule has 0 amide bonds. The van der Waals surface area contributed by atoms with Gasteiger partial charge in [0.15, 0.2) is 5.96 Å². The van der Waals surface area contributed by atoms with E-state index in [4.69, 9.17) is 0 Å². The summed E-state index contributed by atoms with van der Waals surface area (Å²) in [6.07, 6.45) is 2.67. The lowest BCUT2D eigenvalue weighted by Crippen LogP contribution is -2.44. The Kier molecular flexibility index (Phi) is 7.31. The van der Waals surface area contributed by atoms with Gasteiger partial charge in [-0.05, 0) is 34.9 Å². The van der Waals surface area contributed by atoms with E-state index in [2.05, 4.69) is 77.1 Å². The number of guanidine groups is 1. The highest BCUT2D eigenvalue weighted by molar-refractivity contribution is 5.79. The summed E-state index contributed by atoms with van der Waals surface area (Å²) in [7, 11) is 4.16. The highest BCUT2D eigenvalue weighted by Gasteiger charge is 2.19. The van der Waals surface area contributed by atoms with Gasteiger partial charge in [-0.3, -0.25) is 4.99 Å². The smallest absolute Gasteiger partial charge is 0.191 e.